The molecule has 106 valence electrons. The molecule has 8 heteroatoms. The molecule has 8 nitrogen and oxygen atoms in total. The van der Waals surface area contributed by atoms with Crippen molar-refractivity contribution in [2.45, 2.75) is 38.3 Å². The van der Waals surface area contributed by atoms with Crippen LogP contribution >= 0.6 is 0 Å². The summed E-state index contributed by atoms with van der Waals surface area (Å²) in [4.78, 5) is 22.0. The second-order valence-electron chi connectivity index (χ2n) is 3.46. The van der Waals surface area contributed by atoms with Crippen molar-refractivity contribution < 1.29 is 39.5 Å². The van der Waals surface area contributed by atoms with Gasteiger partial charge in [-0.3, -0.25) is 9.59 Å². The van der Waals surface area contributed by atoms with Crippen molar-refractivity contribution in [3.63, 3.8) is 0 Å². The Labute approximate surface area is 104 Å². The monoisotopic (exact) mass is 266 g/mol. The fraction of sp³-hybridized carbons (Fsp3) is 0.800. The summed E-state index contributed by atoms with van der Waals surface area (Å²) < 4.78 is 8.73. The van der Waals surface area contributed by atoms with Crippen LogP contribution in [0.3, 0.4) is 0 Å². The van der Waals surface area contributed by atoms with Crippen LogP contribution in [0.1, 0.15) is 25.7 Å². The molecule has 0 heterocycles. The van der Waals surface area contributed by atoms with Crippen molar-refractivity contribution >= 4 is 11.9 Å². The predicted molar refractivity (Wildman–Crippen MR) is 56.8 cm³/mol. The topological polar surface area (TPSA) is 134 Å². The number of hydrogen-bond acceptors (Lipinski definition) is 8. The highest BCUT2D eigenvalue weighted by molar-refractivity contribution is 5.70. The van der Waals surface area contributed by atoms with Crippen LogP contribution in [0.25, 0.3) is 0 Å². The molecule has 4 N–H and O–H groups in total. The summed E-state index contributed by atoms with van der Waals surface area (Å²) in [5.74, 6) is -1.36. The molecule has 0 aliphatic carbocycles. The molecule has 2 unspecified atom stereocenters. The minimum absolute atomic E-state index is 0.00705. The van der Waals surface area contributed by atoms with E-state index in [1.807, 2.05) is 0 Å². The van der Waals surface area contributed by atoms with E-state index >= 15 is 0 Å². The highest BCUT2D eigenvalue weighted by Gasteiger charge is 2.12. The SMILES string of the molecule is O=C(CCCCC(=O)OC(O)CO)OC(O)CO. The normalized spacial score (nSPS) is 13.8. The first-order chi connectivity index (χ1) is 8.49. The Hall–Kier alpha value is -1.22. The smallest absolute Gasteiger partial charge is 0.308 e. The number of rotatable bonds is 9. The summed E-state index contributed by atoms with van der Waals surface area (Å²) in [5, 5.41) is 34.4. The lowest BCUT2D eigenvalue weighted by atomic mass is 10.2. The molecule has 0 aromatic rings. The van der Waals surface area contributed by atoms with Gasteiger partial charge in [-0.15, -0.1) is 0 Å². The number of carbonyl (C=O) groups is 2. The van der Waals surface area contributed by atoms with Crippen molar-refractivity contribution in [3.8, 4) is 0 Å². The maximum Gasteiger partial charge on any atom is 0.308 e. The first-order valence-electron chi connectivity index (χ1n) is 5.46. The Morgan fingerprint density at radius 2 is 1.17 bits per heavy atom. The number of aliphatic hydroxyl groups is 4. The summed E-state index contributed by atoms with van der Waals surface area (Å²) >= 11 is 0. The van der Waals surface area contributed by atoms with E-state index in [4.69, 9.17) is 20.4 Å². The van der Waals surface area contributed by atoms with Crippen molar-refractivity contribution in [2.24, 2.45) is 0 Å². The van der Waals surface area contributed by atoms with Crippen LogP contribution in [-0.4, -0.2) is 58.2 Å². The average Bonchev–Trinajstić information content (AvgIpc) is 2.34. The molecular formula is C10H18O8. The fourth-order valence-corrected chi connectivity index (χ4v) is 1.03. The van der Waals surface area contributed by atoms with Gasteiger partial charge < -0.3 is 29.9 Å². The molecule has 0 aliphatic heterocycles. The number of unbranched alkanes of at least 4 members (excludes halogenated alkanes) is 1. The van der Waals surface area contributed by atoms with Gasteiger partial charge in [0, 0.05) is 12.8 Å². The van der Waals surface area contributed by atoms with Crippen molar-refractivity contribution in [1.82, 2.24) is 0 Å². The Morgan fingerprint density at radius 1 is 0.833 bits per heavy atom. The molecule has 0 aromatic carbocycles. The largest absolute Gasteiger partial charge is 0.433 e. The molecule has 0 saturated heterocycles. The lowest BCUT2D eigenvalue weighted by Gasteiger charge is -2.09. The van der Waals surface area contributed by atoms with Gasteiger partial charge in [0.2, 0.25) is 12.6 Å². The molecule has 0 fully saturated rings. The quantitative estimate of drug-likeness (QED) is 0.219. The van der Waals surface area contributed by atoms with Crippen molar-refractivity contribution in [3.05, 3.63) is 0 Å². The lowest BCUT2D eigenvalue weighted by Crippen LogP contribution is -2.21. The number of hydrogen-bond donors (Lipinski definition) is 4. The van der Waals surface area contributed by atoms with Crippen molar-refractivity contribution in [2.75, 3.05) is 13.2 Å². The highest BCUT2D eigenvalue weighted by Crippen LogP contribution is 2.04. The van der Waals surface area contributed by atoms with Gasteiger partial charge in [0.25, 0.3) is 0 Å². The number of esters is 2. The van der Waals surface area contributed by atoms with E-state index in [-0.39, 0.29) is 12.8 Å². The first kappa shape index (κ1) is 16.8. The van der Waals surface area contributed by atoms with E-state index in [9.17, 15) is 9.59 Å². The average molecular weight is 266 g/mol. The van der Waals surface area contributed by atoms with Gasteiger partial charge in [-0.2, -0.15) is 0 Å². The van der Waals surface area contributed by atoms with Gasteiger partial charge in [-0.1, -0.05) is 0 Å². The van der Waals surface area contributed by atoms with Crippen LogP contribution in [0.4, 0.5) is 0 Å². The van der Waals surface area contributed by atoms with Crippen LogP contribution in [0.5, 0.6) is 0 Å². The number of carbonyl (C=O) groups excluding carboxylic acids is 2. The predicted octanol–water partition coefficient (Wildman–Crippen LogP) is -1.75. The summed E-state index contributed by atoms with van der Waals surface area (Å²) in [6.07, 6.45) is -2.40. The number of ether oxygens (including phenoxy) is 2. The van der Waals surface area contributed by atoms with Gasteiger partial charge in [-0.05, 0) is 12.8 Å². The second-order valence-corrected chi connectivity index (χ2v) is 3.46. The standard InChI is InChI=1S/C10H18O8/c11-5-9(15)17-7(13)3-1-2-4-8(14)18-10(16)6-12/h9-12,15-16H,1-6H2. The van der Waals surface area contributed by atoms with Crippen LogP contribution < -0.4 is 0 Å². The number of aliphatic hydroxyl groups excluding tert-OH is 4. The molecule has 0 amide bonds. The molecule has 0 bridgehead atoms. The lowest BCUT2D eigenvalue weighted by molar-refractivity contribution is -0.176. The van der Waals surface area contributed by atoms with Gasteiger partial charge in [0.1, 0.15) is 13.2 Å². The Kier molecular flexibility index (Phi) is 9.11. The van der Waals surface area contributed by atoms with Crippen LogP contribution in [0.15, 0.2) is 0 Å². The molecule has 0 aliphatic rings. The van der Waals surface area contributed by atoms with Crippen molar-refractivity contribution in [1.29, 1.82) is 0 Å². The van der Waals surface area contributed by atoms with E-state index in [0.29, 0.717) is 12.8 Å². The summed E-state index contributed by atoms with van der Waals surface area (Å²) in [6, 6.07) is 0. The van der Waals surface area contributed by atoms with E-state index in [2.05, 4.69) is 9.47 Å². The molecular weight excluding hydrogens is 248 g/mol. The molecule has 0 rings (SSSR count). The molecule has 2 atom stereocenters. The van der Waals surface area contributed by atoms with Gasteiger partial charge in [-0.25, -0.2) is 0 Å². The molecule has 0 aromatic heterocycles. The summed E-state index contributed by atoms with van der Waals surface area (Å²) in [5.41, 5.74) is 0. The first-order valence-corrected chi connectivity index (χ1v) is 5.46. The van der Waals surface area contributed by atoms with Crippen LogP contribution in [0.2, 0.25) is 0 Å². The summed E-state index contributed by atoms with van der Waals surface area (Å²) in [6.45, 7) is -1.34. The third kappa shape index (κ3) is 8.88. The van der Waals surface area contributed by atoms with Gasteiger partial charge in [0.15, 0.2) is 0 Å². The maximum absolute atomic E-state index is 11.0. The molecule has 0 saturated carbocycles. The van der Waals surface area contributed by atoms with Crippen LogP contribution in [0, 0.1) is 0 Å². The van der Waals surface area contributed by atoms with E-state index in [1.165, 1.54) is 0 Å². The minimum Gasteiger partial charge on any atom is -0.433 e. The minimum atomic E-state index is -1.53. The summed E-state index contributed by atoms with van der Waals surface area (Å²) in [7, 11) is 0. The Bertz CT molecular complexity index is 228. The van der Waals surface area contributed by atoms with Gasteiger partial charge >= 0.3 is 11.9 Å². The zero-order valence-electron chi connectivity index (χ0n) is 9.82. The highest BCUT2D eigenvalue weighted by atomic mass is 16.6. The third-order valence-electron chi connectivity index (χ3n) is 1.86. The zero-order valence-corrected chi connectivity index (χ0v) is 9.82. The molecule has 18 heavy (non-hydrogen) atoms. The van der Waals surface area contributed by atoms with E-state index < -0.39 is 37.7 Å². The Balaban J connectivity index is 3.55. The zero-order chi connectivity index (χ0) is 14.0. The molecule has 0 spiro atoms. The molecule has 0 radical (unpaired) electrons. The maximum atomic E-state index is 11.0. The fourth-order valence-electron chi connectivity index (χ4n) is 1.03. The Morgan fingerprint density at radius 3 is 1.44 bits per heavy atom. The van der Waals surface area contributed by atoms with E-state index in [0.717, 1.165) is 0 Å². The van der Waals surface area contributed by atoms with E-state index in [1.54, 1.807) is 0 Å². The van der Waals surface area contributed by atoms with Gasteiger partial charge in [0.05, 0.1) is 0 Å². The second kappa shape index (κ2) is 9.77. The third-order valence-corrected chi connectivity index (χ3v) is 1.86. The van der Waals surface area contributed by atoms with Crippen LogP contribution in [-0.2, 0) is 19.1 Å².